The number of hydrogen-bond acceptors (Lipinski definition) is 4. The van der Waals surface area contributed by atoms with Crippen molar-refractivity contribution in [1.29, 1.82) is 0 Å². The minimum atomic E-state index is -1.13. The fourth-order valence-corrected chi connectivity index (χ4v) is 1.66. The largest absolute Gasteiger partial charge is 0.477 e. The highest BCUT2D eigenvalue weighted by atomic mass is 35.5. The Kier molecular flexibility index (Phi) is 3.97. The smallest absolute Gasteiger partial charge is 0.342 e. The van der Waals surface area contributed by atoms with Crippen molar-refractivity contribution in [3.8, 4) is 5.88 Å². The van der Waals surface area contributed by atoms with Gasteiger partial charge in [0.1, 0.15) is 18.0 Å². The van der Waals surface area contributed by atoms with Crippen molar-refractivity contribution in [2.75, 3.05) is 0 Å². The number of benzene rings is 1. The molecule has 0 saturated heterocycles. The van der Waals surface area contributed by atoms with Gasteiger partial charge in [-0.05, 0) is 13.0 Å². The van der Waals surface area contributed by atoms with Gasteiger partial charge in [-0.3, -0.25) is 0 Å². The van der Waals surface area contributed by atoms with Crippen molar-refractivity contribution in [3.63, 3.8) is 0 Å². The van der Waals surface area contributed by atoms with Gasteiger partial charge in [0.2, 0.25) is 5.88 Å². The molecule has 0 aliphatic carbocycles. The molecule has 1 aromatic heterocycles. The zero-order chi connectivity index (χ0) is 13.8. The summed E-state index contributed by atoms with van der Waals surface area (Å²) >= 11 is 6.00. The number of rotatable bonds is 4. The molecular formula is C13H11ClN2O3. The molecule has 2 aromatic rings. The van der Waals surface area contributed by atoms with Crippen LogP contribution in [0.2, 0.25) is 5.02 Å². The Balaban J connectivity index is 2.22. The molecule has 0 saturated carbocycles. The summed E-state index contributed by atoms with van der Waals surface area (Å²) in [4.78, 5) is 18.8. The predicted octanol–water partition coefficient (Wildman–Crippen LogP) is 2.72. The molecule has 0 fully saturated rings. The molecule has 1 heterocycles. The van der Waals surface area contributed by atoms with Gasteiger partial charge in [0.25, 0.3) is 0 Å². The quantitative estimate of drug-likeness (QED) is 0.931. The third-order valence-electron chi connectivity index (χ3n) is 2.43. The van der Waals surface area contributed by atoms with Gasteiger partial charge < -0.3 is 9.84 Å². The summed E-state index contributed by atoms with van der Waals surface area (Å²) in [6.45, 7) is 1.81. The first-order valence-electron chi connectivity index (χ1n) is 5.51. The van der Waals surface area contributed by atoms with Crippen LogP contribution in [0.15, 0.2) is 30.5 Å². The number of ether oxygens (including phenoxy) is 1. The van der Waals surface area contributed by atoms with Gasteiger partial charge in [0, 0.05) is 16.8 Å². The van der Waals surface area contributed by atoms with Gasteiger partial charge in [-0.1, -0.05) is 29.8 Å². The number of nitrogens with zero attached hydrogens (tertiary/aromatic N) is 2. The third-order valence-corrected chi connectivity index (χ3v) is 2.80. The highest BCUT2D eigenvalue weighted by Crippen LogP contribution is 2.19. The van der Waals surface area contributed by atoms with E-state index in [-0.39, 0.29) is 18.1 Å². The SMILES string of the molecule is Cc1ncc(C(=O)O)c(OCc2ccccc2Cl)n1. The van der Waals surface area contributed by atoms with Crippen molar-refractivity contribution in [1.82, 2.24) is 9.97 Å². The summed E-state index contributed by atoms with van der Waals surface area (Å²) in [6.07, 6.45) is 1.23. The Labute approximate surface area is 114 Å². The summed E-state index contributed by atoms with van der Waals surface area (Å²) in [5, 5.41) is 9.58. The molecule has 19 heavy (non-hydrogen) atoms. The lowest BCUT2D eigenvalue weighted by atomic mass is 10.2. The number of carbonyl (C=O) groups is 1. The first-order chi connectivity index (χ1) is 9.08. The van der Waals surface area contributed by atoms with Crippen LogP contribution in [0, 0.1) is 6.92 Å². The van der Waals surface area contributed by atoms with Gasteiger partial charge in [-0.15, -0.1) is 0 Å². The number of halogens is 1. The Hall–Kier alpha value is -2.14. The lowest BCUT2D eigenvalue weighted by Gasteiger charge is -2.09. The molecule has 0 unspecified atom stereocenters. The molecule has 0 aliphatic rings. The highest BCUT2D eigenvalue weighted by Gasteiger charge is 2.14. The number of aryl methyl sites for hydroxylation is 1. The summed E-state index contributed by atoms with van der Waals surface area (Å²) in [6, 6.07) is 7.18. The Bertz CT molecular complexity index is 617. The molecule has 1 aromatic carbocycles. The van der Waals surface area contributed by atoms with Crippen LogP contribution < -0.4 is 4.74 Å². The van der Waals surface area contributed by atoms with Gasteiger partial charge in [-0.25, -0.2) is 9.78 Å². The first-order valence-corrected chi connectivity index (χ1v) is 5.89. The van der Waals surface area contributed by atoms with Crippen LogP contribution in [0.5, 0.6) is 5.88 Å². The van der Waals surface area contributed by atoms with Crippen molar-refractivity contribution in [3.05, 3.63) is 52.4 Å². The molecule has 0 aliphatic heterocycles. The number of hydrogen-bond donors (Lipinski definition) is 1. The molecule has 0 spiro atoms. The van der Waals surface area contributed by atoms with E-state index in [9.17, 15) is 4.79 Å². The first kappa shape index (κ1) is 13.3. The van der Waals surface area contributed by atoms with Crippen molar-refractivity contribution < 1.29 is 14.6 Å². The van der Waals surface area contributed by atoms with Crippen LogP contribution in [-0.2, 0) is 6.61 Å². The zero-order valence-corrected chi connectivity index (χ0v) is 10.9. The minimum absolute atomic E-state index is 0.0416. The average molecular weight is 279 g/mol. The molecular weight excluding hydrogens is 268 g/mol. The fraction of sp³-hybridized carbons (Fsp3) is 0.154. The molecule has 5 nitrogen and oxygen atoms in total. The summed E-state index contributed by atoms with van der Waals surface area (Å²) < 4.78 is 5.43. The van der Waals surface area contributed by atoms with Crippen LogP contribution in [0.3, 0.4) is 0 Å². The summed E-state index contributed by atoms with van der Waals surface area (Å²) in [5.74, 6) is -0.645. The number of aromatic nitrogens is 2. The predicted molar refractivity (Wildman–Crippen MR) is 69.5 cm³/mol. The lowest BCUT2D eigenvalue weighted by Crippen LogP contribution is -2.07. The lowest BCUT2D eigenvalue weighted by molar-refractivity contribution is 0.0690. The van der Waals surface area contributed by atoms with E-state index in [2.05, 4.69) is 9.97 Å². The van der Waals surface area contributed by atoms with Crippen molar-refractivity contribution >= 4 is 17.6 Å². The maximum Gasteiger partial charge on any atom is 0.342 e. The minimum Gasteiger partial charge on any atom is -0.477 e. The summed E-state index contributed by atoms with van der Waals surface area (Å²) in [5.41, 5.74) is 0.689. The highest BCUT2D eigenvalue weighted by molar-refractivity contribution is 6.31. The van der Waals surface area contributed by atoms with Crippen LogP contribution >= 0.6 is 11.6 Å². The van der Waals surface area contributed by atoms with E-state index < -0.39 is 5.97 Å². The number of carboxylic acid groups (broad SMARTS) is 1. The molecule has 6 heteroatoms. The van der Waals surface area contributed by atoms with Crippen LogP contribution in [0.4, 0.5) is 0 Å². The Morgan fingerprint density at radius 2 is 2.16 bits per heavy atom. The topological polar surface area (TPSA) is 72.3 Å². The van der Waals surface area contributed by atoms with Gasteiger partial charge >= 0.3 is 5.97 Å². The average Bonchev–Trinajstić information content (AvgIpc) is 2.37. The van der Waals surface area contributed by atoms with Crippen molar-refractivity contribution in [2.45, 2.75) is 13.5 Å². The van der Waals surface area contributed by atoms with E-state index in [1.807, 2.05) is 12.1 Å². The van der Waals surface area contributed by atoms with E-state index in [1.165, 1.54) is 6.20 Å². The normalized spacial score (nSPS) is 10.2. The number of carboxylic acids is 1. The second kappa shape index (κ2) is 5.67. The second-order valence-corrected chi connectivity index (χ2v) is 4.23. The third kappa shape index (κ3) is 3.20. The van der Waals surface area contributed by atoms with E-state index in [0.717, 1.165) is 5.56 Å². The van der Waals surface area contributed by atoms with Crippen LogP contribution in [-0.4, -0.2) is 21.0 Å². The van der Waals surface area contributed by atoms with E-state index in [0.29, 0.717) is 10.8 Å². The molecule has 0 radical (unpaired) electrons. The zero-order valence-electron chi connectivity index (χ0n) is 10.1. The number of aromatic carboxylic acids is 1. The standard InChI is InChI=1S/C13H11ClN2O3/c1-8-15-6-10(13(17)18)12(16-8)19-7-9-4-2-3-5-11(9)14/h2-6H,7H2,1H3,(H,17,18). The van der Waals surface area contributed by atoms with Crippen LogP contribution in [0.1, 0.15) is 21.7 Å². The fourth-order valence-electron chi connectivity index (χ4n) is 1.47. The molecule has 0 bridgehead atoms. The molecule has 1 N–H and O–H groups in total. The van der Waals surface area contributed by atoms with E-state index in [4.69, 9.17) is 21.4 Å². The van der Waals surface area contributed by atoms with Crippen LogP contribution in [0.25, 0.3) is 0 Å². The molecule has 0 atom stereocenters. The molecule has 0 amide bonds. The maximum atomic E-state index is 11.0. The van der Waals surface area contributed by atoms with Gasteiger partial charge in [0.05, 0.1) is 0 Å². The molecule has 2 rings (SSSR count). The monoisotopic (exact) mass is 278 g/mol. The summed E-state index contributed by atoms with van der Waals surface area (Å²) in [7, 11) is 0. The molecule has 98 valence electrons. The Morgan fingerprint density at radius 1 is 1.42 bits per heavy atom. The van der Waals surface area contributed by atoms with E-state index in [1.54, 1.807) is 19.1 Å². The van der Waals surface area contributed by atoms with Gasteiger partial charge in [-0.2, -0.15) is 4.98 Å². The Morgan fingerprint density at radius 3 is 2.84 bits per heavy atom. The van der Waals surface area contributed by atoms with Crippen molar-refractivity contribution in [2.24, 2.45) is 0 Å². The van der Waals surface area contributed by atoms with Gasteiger partial charge in [0.15, 0.2) is 0 Å². The van der Waals surface area contributed by atoms with E-state index >= 15 is 0 Å². The maximum absolute atomic E-state index is 11.0. The second-order valence-electron chi connectivity index (χ2n) is 3.82.